The van der Waals surface area contributed by atoms with Gasteiger partial charge in [0.2, 0.25) is 0 Å². The second kappa shape index (κ2) is 10.6. The topological polar surface area (TPSA) is 93.7 Å². The number of nitrogens with one attached hydrogen (secondary N) is 2. The first-order valence-corrected chi connectivity index (χ1v) is 12.0. The highest BCUT2D eigenvalue weighted by molar-refractivity contribution is 7.92. The molecule has 1 amide bonds. The predicted molar refractivity (Wildman–Crippen MR) is 128 cm³/mol. The van der Waals surface area contributed by atoms with E-state index < -0.39 is 10.0 Å². The van der Waals surface area contributed by atoms with Gasteiger partial charge in [0.1, 0.15) is 11.5 Å². The van der Waals surface area contributed by atoms with E-state index in [4.69, 9.17) is 21.1 Å². The molecule has 0 bridgehead atoms. The van der Waals surface area contributed by atoms with Gasteiger partial charge in [0, 0.05) is 10.6 Å². The van der Waals surface area contributed by atoms with Crippen LogP contribution in [0.1, 0.15) is 24.1 Å². The van der Waals surface area contributed by atoms with Crippen LogP contribution in [-0.2, 0) is 14.8 Å². The van der Waals surface area contributed by atoms with Gasteiger partial charge in [-0.15, -0.1) is 0 Å². The second-order valence-corrected chi connectivity index (χ2v) is 9.45. The molecular formula is C24H25ClN2O5S. The number of hydrogen-bond donors (Lipinski definition) is 2. The Morgan fingerprint density at radius 3 is 2.42 bits per heavy atom. The van der Waals surface area contributed by atoms with Gasteiger partial charge in [-0.3, -0.25) is 9.52 Å². The molecular weight excluding hydrogens is 464 g/mol. The van der Waals surface area contributed by atoms with Crippen LogP contribution >= 0.6 is 11.6 Å². The van der Waals surface area contributed by atoms with Crippen molar-refractivity contribution >= 4 is 33.2 Å². The number of rotatable bonds is 9. The summed E-state index contributed by atoms with van der Waals surface area (Å²) < 4.78 is 38.5. The van der Waals surface area contributed by atoms with Crippen LogP contribution in [0.15, 0.2) is 71.6 Å². The Morgan fingerprint density at radius 1 is 1.06 bits per heavy atom. The molecule has 0 fully saturated rings. The lowest BCUT2D eigenvalue weighted by Crippen LogP contribution is -2.31. The minimum atomic E-state index is -3.80. The Hall–Kier alpha value is -3.23. The zero-order valence-corrected chi connectivity index (χ0v) is 20.0. The number of para-hydroxylation sites is 1. The number of anilines is 1. The molecule has 3 aromatic rings. The average molecular weight is 489 g/mol. The van der Waals surface area contributed by atoms with Crippen LogP contribution in [0, 0.1) is 6.92 Å². The molecule has 33 heavy (non-hydrogen) atoms. The molecule has 2 N–H and O–H groups in total. The Kier molecular flexibility index (Phi) is 7.84. The van der Waals surface area contributed by atoms with E-state index >= 15 is 0 Å². The number of ether oxygens (including phenoxy) is 2. The van der Waals surface area contributed by atoms with E-state index in [1.54, 1.807) is 25.3 Å². The minimum absolute atomic E-state index is 0.0563. The number of amides is 1. The monoisotopic (exact) mass is 488 g/mol. The summed E-state index contributed by atoms with van der Waals surface area (Å²) in [6, 6.07) is 17.9. The fourth-order valence-corrected chi connectivity index (χ4v) is 4.35. The third kappa shape index (κ3) is 6.40. The summed E-state index contributed by atoms with van der Waals surface area (Å²) in [5.41, 5.74) is 2.07. The van der Waals surface area contributed by atoms with Gasteiger partial charge in [0.15, 0.2) is 6.61 Å². The summed E-state index contributed by atoms with van der Waals surface area (Å²) in [4.78, 5) is 12.3. The maximum absolute atomic E-state index is 12.6. The van der Waals surface area contributed by atoms with Crippen molar-refractivity contribution in [3.05, 3.63) is 82.9 Å². The largest absolute Gasteiger partial charge is 0.496 e. The number of benzene rings is 3. The molecule has 7 nitrogen and oxygen atoms in total. The third-order valence-electron chi connectivity index (χ3n) is 4.91. The van der Waals surface area contributed by atoms with Gasteiger partial charge in [0.25, 0.3) is 15.9 Å². The standard InChI is InChI=1S/C24H25ClN2O5S/c1-16-8-9-18(14-22(16)25)27-33(29,30)20-12-10-19(11-13-20)32-15-24(28)26-17(2)21-6-4-5-7-23(21)31-3/h4-14,17,27H,15H2,1-3H3,(H,26,28)/t17-/m1/s1. The lowest BCUT2D eigenvalue weighted by atomic mass is 10.1. The third-order valence-corrected chi connectivity index (χ3v) is 6.72. The van der Waals surface area contributed by atoms with Crippen LogP contribution in [0.5, 0.6) is 11.5 Å². The molecule has 0 heterocycles. The highest BCUT2D eigenvalue weighted by Gasteiger charge is 2.16. The Bertz CT molecular complexity index is 1230. The Balaban J connectivity index is 1.57. The first-order valence-electron chi connectivity index (χ1n) is 10.1. The maximum Gasteiger partial charge on any atom is 0.261 e. The summed E-state index contributed by atoms with van der Waals surface area (Å²) in [7, 11) is -2.22. The smallest absolute Gasteiger partial charge is 0.261 e. The molecule has 9 heteroatoms. The Labute approximate surface area is 198 Å². The second-order valence-electron chi connectivity index (χ2n) is 7.36. The number of carbonyl (C=O) groups excluding carboxylic acids is 1. The van der Waals surface area contributed by atoms with Crippen molar-refractivity contribution in [1.29, 1.82) is 0 Å². The zero-order chi connectivity index (χ0) is 24.0. The number of carbonyl (C=O) groups is 1. The molecule has 0 aliphatic carbocycles. The van der Waals surface area contributed by atoms with Gasteiger partial charge >= 0.3 is 0 Å². The molecule has 0 aliphatic heterocycles. The zero-order valence-electron chi connectivity index (χ0n) is 18.5. The number of halogens is 1. The van der Waals surface area contributed by atoms with E-state index in [-0.39, 0.29) is 23.5 Å². The molecule has 0 aliphatic rings. The molecule has 0 aromatic heterocycles. The quantitative estimate of drug-likeness (QED) is 0.454. The number of aryl methyl sites for hydroxylation is 1. The maximum atomic E-state index is 12.6. The lowest BCUT2D eigenvalue weighted by molar-refractivity contribution is -0.123. The first kappa shape index (κ1) is 24.4. The fourth-order valence-electron chi connectivity index (χ4n) is 3.12. The van der Waals surface area contributed by atoms with Crippen molar-refractivity contribution < 1.29 is 22.7 Å². The van der Waals surface area contributed by atoms with Gasteiger partial charge in [-0.2, -0.15) is 0 Å². The van der Waals surface area contributed by atoms with Gasteiger partial charge in [0.05, 0.1) is 23.7 Å². The SMILES string of the molecule is COc1ccccc1[C@@H](C)NC(=O)COc1ccc(S(=O)(=O)Nc2ccc(C)c(Cl)c2)cc1. The van der Waals surface area contributed by atoms with Crippen molar-refractivity contribution in [2.45, 2.75) is 24.8 Å². The van der Waals surface area contributed by atoms with Gasteiger partial charge in [-0.1, -0.05) is 35.9 Å². The van der Waals surface area contributed by atoms with E-state index in [0.29, 0.717) is 22.2 Å². The average Bonchev–Trinajstić information content (AvgIpc) is 2.80. The highest BCUT2D eigenvalue weighted by Crippen LogP contribution is 2.25. The molecule has 0 radical (unpaired) electrons. The predicted octanol–water partition coefficient (Wildman–Crippen LogP) is 4.71. The van der Waals surface area contributed by atoms with Crippen molar-refractivity contribution in [2.75, 3.05) is 18.4 Å². The lowest BCUT2D eigenvalue weighted by Gasteiger charge is -2.17. The van der Waals surface area contributed by atoms with E-state index in [1.807, 2.05) is 38.1 Å². The molecule has 1 atom stereocenters. The van der Waals surface area contributed by atoms with Gasteiger partial charge < -0.3 is 14.8 Å². The van der Waals surface area contributed by atoms with Crippen molar-refractivity contribution in [1.82, 2.24) is 5.32 Å². The normalized spacial score (nSPS) is 12.0. The van der Waals surface area contributed by atoms with Crippen LogP contribution in [0.25, 0.3) is 0 Å². The number of methoxy groups -OCH3 is 1. The summed E-state index contributed by atoms with van der Waals surface area (Å²) in [6.45, 7) is 3.47. The van der Waals surface area contributed by atoms with E-state index in [9.17, 15) is 13.2 Å². The molecule has 0 unspecified atom stereocenters. The van der Waals surface area contributed by atoms with Crippen LogP contribution < -0.4 is 19.5 Å². The number of hydrogen-bond acceptors (Lipinski definition) is 5. The molecule has 3 aromatic carbocycles. The first-order chi connectivity index (χ1) is 15.7. The summed E-state index contributed by atoms with van der Waals surface area (Å²) >= 11 is 6.06. The van der Waals surface area contributed by atoms with Crippen molar-refractivity contribution in [2.24, 2.45) is 0 Å². The molecule has 0 spiro atoms. The molecule has 174 valence electrons. The molecule has 3 rings (SSSR count). The van der Waals surface area contributed by atoms with Crippen LogP contribution in [0.2, 0.25) is 5.02 Å². The van der Waals surface area contributed by atoms with Crippen LogP contribution in [0.3, 0.4) is 0 Å². The Morgan fingerprint density at radius 2 is 1.76 bits per heavy atom. The highest BCUT2D eigenvalue weighted by atomic mass is 35.5. The summed E-state index contributed by atoms with van der Waals surface area (Å²) in [5.74, 6) is 0.736. The summed E-state index contributed by atoms with van der Waals surface area (Å²) in [5, 5.41) is 3.32. The van der Waals surface area contributed by atoms with Gasteiger partial charge in [-0.25, -0.2) is 8.42 Å². The van der Waals surface area contributed by atoms with Crippen LogP contribution in [0.4, 0.5) is 5.69 Å². The van der Waals surface area contributed by atoms with E-state index in [0.717, 1.165) is 11.1 Å². The van der Waals surface area contributed by atoms with E-state index in [1.165, 1.54) is 24.3 Å². The van der Waals surface area contributed by atoms with Gasteiger partial charge in [-0.05, 0) is 61.9 Å². The minimum Gasteiger partial charge on any atom is -0.496 e. The molecule has 0 saturated heterocycles. The summed E-state index contributed by atoms with van der Waals surface area (Å²) in [6.07, 6.45) is 0. The van der Waals surface area contributed by atoms with Crippen molar-refractivity contribution in [3.8, 4) is 11.5 Å². The van der Waals surface area contributed by atoms with E-state index in [2.05, 4.69) is 10.0 Å². The van der Waals surface area contributed by atoms with Crippen molar-refractivity contribution in [3.63, 3.8) is 0 Å². The fraction of sp³-hybridized carbons (Fsp3) is 0.208. The van der Waals surface area contributed by atoms with Crippen LogP contribution in [-0.4, -0.2) is 28.0 Å². The molecule has 0 saturated carbocycles. The number of sulfonamides is 1.